The zero-order valence-electron chi connectivity index (χ0n) is 11.3. The van der Waals surface area contributed by atoms with Crippen LogP contribution < -0.4 is 5.32 Å². The molecule has 19 heavy (non-hydrogen) atoms. The number of carbonyl (C=O) groups excluding carboxylic acids is 1. The van der Waals surface area contributed by atoms with Gasteiger partial charge >= 0.3 is 5.97 Å². The van der Waals surface area contributed by atoms with Gasteiger partial charge in [-0.25, -0.2) is 4.79 Å². The van der Waals surface area contributed by atoms with Crippen LogP contribution in [0.5, 0.6) is 0 Å². The van der Waals surface area contributed by atoms with Crippen molar-refractivity contribution in [2.75, 3.05) is 13.2 Å². The Morgan fingerprint density at radius 2 is 1.84 bits per heavy atom. The molecule has 5 heteroatoms. The summed E-state index contributed by atoms with van der Waals surface area (Å²) in [6.45, 7) is 0.796. The highest BCUT2D eigenvalue weighted by Gasteiger charge is 2.41. The third kappa shape index (κ3) is 3.69. The second-order valence-electron chi connectivity index (χ2n) is 5.74. The van der Waals surface area contributed by atoms with Gasteiger partial charge in [0.1, 0.15) is 5.54 Å². The van der Waals surface area contributed by atoms with Gasteiger partial charge in [0.25, 0.3) is 0 Å². The van der Waals surface area contributed by atoms with Crippen molar-refractivity contribution >= 4 is 11.9 Å². The molecule has 1 heterocycles. The number of amides is 1. The Balaban J connectivity index is 1.82. The van der Waals surface area contributed by atoms with Crippen molar-refractivity contribution in [1.82, 2.24) is 5.32 Å². The first-order valence-corrected chi connectivity index (χ1v) is 7.24. The molecule has 0 spiro atoms. The van der Waals surface area contributed by atoms with Crippen molar-refractivity contribution in [3.8, 4) is 0 Å². The number of hydrogen-bond acceptors (Lipinski definition) is 3. The maximum absolute atomic E-state index is 12.0. The summed E-state index contributed by atoms with van der Waals surface area (Å²) in [4.78, 5) is 23.4. The van der Waals surface area contributed by atoms with Crippen molar-refractivity contribution < 1.29 is 19.4 Å². The molecule has 0 aromatic heterocycles. The minimum atomic E-state index is -1.11. The average Bonchev–Trinajstić information content (AvgIpc) is 2.90. The van der Waals surface area contributed by atoms with Crippen LogP contribution >= 0.6 is 0 Å². The van der Waals surface area contributed by atoms with E-state index in [2.05, 4.69) is 5.32 Å². The normalized spacial score (nSPS) is 23.2. The van der Waals surface area contributed by atoms with Crippen molar-refractivity contribution in [1.29, 1.82) is 0 Å². The van der Waals surface area contributed by atoms with Crippen LogP contribution in [-0.4, -0.2) is 35.7 Å². The number of carboxylic acids is 1. The topological polar surface area (TPSA) is 75.6 Å². The molecule has 0 atom stereocenters. The Morgan fingerprint density at radius 1 is 1.21 bits per heavy atom. The molecule has 0 aromatic rings. The number of carbonyl (C=O) groups is 2. The summed E-state index contributed by atoms with van der Waals surface area (Å²) < 4.78 is 5.18. The molecule has 1 aliphatic heterocycles. The highest BCUT2D eigenvalue weighted by Crippen LogP contribution is 2.29. The van der Waals surface area contributed by atoms with Gasteiger partial charge in [0.2, 0.25) is 5.91 Å². The fourth-order valence-corrected chi connectivity index (χ4v) is 3.08. The van der Waals surface area contributed by atoms with E-state index in [-0.39, 0.29) is 5.91 Å². The van der Waals surface area contributed by atoms with Crippen LogP contribution in [-0.2, 0) is 14.3 Å². The van der Waals surface area contributed by atoms with E-state index in [1.165, 1.54) is 25.7 Å². The molecule has 0 bridgehead atoms. The first kappa shape index (κ1) is 14.3. The fourth-order valence-electron chi connectivity index (χ4n) is 3.08. The number of aliphatic carboxylic acids is 1. The number of ether oxygens (including phenoxy) is 1. The van der Waals surface area contributed by atoms with E-state index < -0.39 is 11.5 Å². The van der Waals surface area contributed by atoms with Gasteiger partial charge in [-0.05, 0) is 12.3 Å². The van der Waals surface area contributed by atoms with Crippen molar-refractivity contribution in [3.05, 3.63) is 0 Å². The fraction of sp³-hybridized carbons (Fsp3) is 0.857. The lowest BCUT2D eigenvalue weighted by Crippen LogP contribution is -2.57. The van der Waals surface area contributed by atoms with E-state index in [1.807, 2.05) is 0 Å². The molecule has 0 unspecified atom stereocenters. The smallest absolute Gasteiger partial charge is 0.329 e. The van der Waals surface area contributed by atoms with E-state index >= 15 is 0 Å². The van der Waals surface area contributed by atoms with Crippen molar-refractivity contribution in [2.24, 2.45) is 5.92 Å². The van der Waals surface area contributed by atoms with Crippen molar-refractivity contribution in [2.45, 2.75) is 56.9 Å². The lowest BCUT2D eigenvalue weighted by Gasteiger charge is -2.34. The van der Waals surface area contributed by atoms with Gasteiger partial charge in [-0.2, -0.15) is 0 Å². The number of rotatable bonds is 5. The van der Waals surface area contributed by atoms with Gasteiger partial charge in [0.15, 0.2) is 0 Å². The SMILES string of the molecule is O=C(CCC1CCCC1)NC1(C(=O)O)CCOCC1. The highest BCUT2D eigenvalue weighted by atomic mass is 16.5. The van der Waals surface area contributed by atoms with Gasteiger partial charge in [-0.3, -0.25) is 4.79 Å². The molecule has 2 N–H and O–H groups in total. The minimum absolute atomic E-state index is 0.129. The Morgan fingerprint density at radius 3 is 2.42 bits per heavy atom. The average molecular weight is 269 g/mol. The van der Waals surface area contributed by atoms with Gasteiger partial charge in [-0.1, -0.05) is 25.7 Å². The summed E-state index contributed by atoms with van der Waals surface area (Å²) in [5.41, 5.74) is -1.11. The molecule has 108 valence electrons. The van der Waals surface area contributed by atoms with Crippen LogP contribution in [0.15, 0.2) is 0 Å². The zero-order valence-corrected chi connectivity index (χ0v) is 11.3. The van der Waals surface area contributed by atoms with Gasteiger partial charge < -0.3 is 15.2 Å². The maximum Gasteiger partial charge on any atom is 0.329 e. The Kier molecular flexibility index (Phi) is 4.80. The second-order valence-corrected chi connectivity index (χ2v) is 5.74. The molecule has 1 aliphatic carbocycles. The molecule has 2 fully saturated rings. The highest BCUT2D eigenvalue weighted by molar-refractivity contribution is 5.87. The molecule has 0 aromatic carbocycles. The number of nitrogens with one attached hydrogen (secondary N) is 1. The minimum Gasteiger partial charge on any atom is -0.480 e. The lowest BCUT2D eigenvalue weighted by atomic mass is 9.89. The lowest BCUT2D eigenvalue weighted by molar-refractivity contribution is -0.152. The third-order valence-electron chi connectivity index (χ3n) is 4.39. The summed E-state index contributed by atoms with van der Waals surface area (Å²) in [6.07, 6.45) is 7.01. The molecule has 2 rings (SSSR count). The van der Waals surface area contributed by atoms with E-state index in [1.54, 1.807) is 0 Å². The summed E-state index contributed by atoms with van der Waals surface area (Å²) >= 11 is 0. The van der Waals surface area contributed by atoms with Crippen LogP contribution in [0.2, 0.25) is 0 Å². The Labute approximate surface area is 113 Å². The van der Waals surface area contributed by atoms with E-state index in [0.29, 0.717) is 38.4 Å². The maximum atomic E-state index is 12.0. The van der Waals surface area contributed by atoms with Crippen LogP contribution in [0.25, 0.3) is 0 Å². The first-order valence-electron chi connectivity index (χ1n) is 7.24. The van der Waals surface area contributed by atoms with Gasteiger partial charge in [-0.15, -0.1) is 0 Å². The molecule has 1 saturated carbocycles. The number of hydrogen-bond donors (Lipinski definition) is 2. The summed E-state index contributed by atoms with van der Waals surface area (Å²) in [6, 6.07) is 0. The molecular formula is C14H23NO4. The predicted molar refractivity (Wildman–Crippen MR) is 69.8 cm³/mol. The number of carboxylic acid groups (broad SMARTS) is 1. The monoisotopic (exact) mass is 269 g/mol. The van der Waals surface area contributed by atoms with E-state index in [4.69, 9.17) is 4.74 Å². The van der Waals surface area contributed by atoms with Gasteiger partial charge in [0.05, 0.1) is 0 Å². The summed E-state index contributed by atoms with van der Waals surface area (Å²) in [5.74, 6) is -0.414. The van der Waals surface area contributed by atoms with Crippen molar-refractivity contribution in [3.63, 3.8) is 0 Å². The second kappa shape index (κ2) is 6.37. The predicted octanol–water partition coefficient (Wildman–Crippen LogP) is 1.71. The third-order valence-corrected chi connectivity index (χ3v) is 4.39. The van der Waals surface area contributed by atoms with Crippen LogP contribution in [0.4, 0.5) is 0 Å². The standard InChI is InChI=1S/C14H23NO4/c16-12(6-5-11-3-1-2-4-11)15-14(13(17)18)7-9-19-10-8-14/h11H,1-10H2,(H,15,16)(H,17,18). The molecule has 2 aliphatic rings. The van der Waals surface area contributed by atoms with Crippen LogP contribution in [0.3, 0.4) is 0 Å². The molecular weight excluding hydrogens is 246 g/mol. The van der Waals surface area contributed by atoms with Gasteiger partial charge in [0, 0.05) is 32.5 Å². The summed E-state index contributed by atoms with van der Waals surface area (Å²) in [7, 11) is 0. The molecule has 1 amide bonds. The molecule has 1 saturated heterocycles. The Hall–Kier alpha value is -1.10. The van der Waals surface area contributed by atoms with Crippen LogP contribution in [0.1, 0.15) is 51.4 Å². The van der Waals surface area contributed by atoms with E-state index in [9.17, 15) is 14.7 Å². The largest absolute Gasteiger partial charge is 0.480 e. The molecule has 5 nitrogen and oxygen atoms in total. The molecule has 0 radical (unpaired) electrons. The Bertz CT molecular complexity index is 330. The summed E-state index contributed by atoms with van der Waals surface area (Å²) in [5, 5.41) is 12.1. The zero-order chi connectivity index (χ0) is 13.7. The quantitative estimate of drug-likeness (QED) is 0.796. The van der Waals surface area contributed by atoms with E-state index in [0.717, 1.165) is 6.42 Å². The first-order chi connectivity index (χ1) is 9.12. The van der Waals surface area contributed by atoms with Crippen LogP contribution in [0, 0.1) is 5.92 Å².